The molecule has 5 heterocycles. The van der Waals surface area contributed by atoms with Crippen LogP contribution >= 0.6 is 23.5 Å². The van der Waals surface area contributed by atoms with Gasteiger partial charge in [-0.05, 0) is 175 Å². The first-order valence-electron chi connectivity index (χ1n) is 23.4. The van der Waals surface area contributed by atoms with E-state index in [0.717, 1.165) is 128 Å². The predicted molar refractivity (Wildman–Crippen MR) is 264 cm³/mol. The summed E-state index contributed by atoms with van der Waals surface area (Å²) in [7, 11) is 0. The van der Waals surface area contributed by atoms with Crippen molar-refractivity contribution in [3.05, 3.63) is 153 Å². The predicted octanol–water partition coefficient (Wildman–Crippen LogP) is 10.3. The van der Waals surface area contributed by atoms with Crippen LogP contribution in [0.15, 0.2) is 112 Å². The number of rotatable bonds is 13. The van der Waals surface area contributed by atoms with Crippen molar-refractivity contribution in [2.24, 2.45) is 11.8 Å². The van der Waals surface area contributed by atoms with Gasteiger partial charge < -0.3 is 15.1 Å². The quantitative estimate of drug-likeness (QED) is 0.0739. The summed E-state index contributed by atoms with van der Waals surface area (Å²) < 4.78 is 32.7. The molecule has 4 fully saturated rings. The molecule has 69 heavy (non-hydrogen) atoms. The minimum absolute atomic E-state index is 0.0213. The Labute approximate surface area is 407 Å². The second kappa shape index (κ2) is 22.5. The Balaban J connectivity index is 0.000000172. The van der Waals surface area contributed by atoms with Gasteiger partial charge in [-0.1, -0.05) is 24.3 Å². The van der Waals surface area contributed by atoms with E-state index >= 15 is 0 Å². The van der Waals surface area contributed by atoms with Crippen LogP contribution in [0.2, 0.25) is 0 Å². The van der Waals surface area contributed by atoms with Gasteiger partial charge in [0.05, 0.1) is 33.9 Å². The van der Waals surface area contributed by atoms with Gasteiger partial charge in [-0.3, -0.25) is 24.5 Å². The first kappa shape index (κ1) is 47.8. The summed E-state index contributed by atoms with van der Waals surface area (Å²) in [6.07, 6.45) is 18.6. The summed E-state index contributed by atoms with van der Waals surface area (Å²) in [5.41, 5.74) is 4.31. The number of allylic oxidation sites excluding steroid dienone is 1. The number of imide groups is 1. The SMILES string of the molecule is O=C1CC(=O)/C(=C/c2ccnc(CC3CCC(NCc4ccc5cc(F)ccc5c4)CC3)n2)S1.O=C1NC(=O)/C(=C/c2ccnc(CC3CCC(NCc4ccc(F)cc4-c4ccco4)CC3)n2)S1. The molecule has 3 aromatic carbocycles. The van der Waals surface area contributed by atoms with Crippen molar-refractivity contribution < 1.29 is 32.4 Å². The number of nitrogens with one attached hydrogen (secondary N) is 3. The largest absolute Gasteiger partial charge is 0.464 e. The molecular weight excluding hydrogens is 917 g/mol. The van der Waals surface area contributed by atoms with Gasteiger partial charge in [-0.15, -0.1) is 0 Å². The van der Waals surface area contributed by atoms with Crippen molar-refractivity contribution >= 4 is 68.5 Å². The van der Waals surface area contributed by atoms with Gasteiger partial charge in [0.1, 0.15) is 29.0 Å². The van der Waals surface area contributed by atoms with Crippen LogP contribution in [0.1, 0.15) is 92.0 Å². The highest BCUT2D eigenvalue weighted by Crippen LogP contribution is 2.33. The molecule has 4 aliphatic rings. The summed E-state index contributed by atoms with van der Waals surface area (Å²) in [4.78, 5) is 65.3. The van der Waals surface area contributed by atoms with Gasteiger partial charge in [0.2, 0.25) is 5.12 Å². The zero-order chi connectivity index (χ0) is 47.7. The molecule has 16 heteroatoms. The van der Waals surface area contributed by atoms with Crippen molar-refractivity contribution in [3.63, 3.8) is 0 Å². The highest BCUT2D eigenvalue weighted by atomic mass is 32.2. The van der Waals surface area contributed by atoms with Crippen molar-refractivity contribution in [2.75, 3.05) is 0 Å². The first-order valence-corrected chi connectivity index (χ1v) is 25.0. The third-order valence-corrected chi connectivity index (χ3v) is 14.7. The summed E-state index contributed by atoms with van der Waals surface area (Å²) in [5.74, 6) is 2.25. The zero-order valence-electron chi connectivity index (χ0n) is 37.8. The third-order valence-electron chi connectivity index (χ3n) is 13.0. The second-order valence-electron chi connectivity index (χ2n) is 17.9. The lowest BCUT2D eigenvalue weighted by atomic mass is 9.84. The van der Waals surface area contributed by atoms with Gasteiger partial charge in [0.25, 0.3) is 11.1 Å². The number of carbonyl (C=O) groups excluding carboxylic acids is 4. The average Bonchev–Trinajstić information content (AvgIpc) is 4.08. The molecule has 0 spiro atoms. The van der Waals surface area contributed by atoms with Crippen LogP contribution in [0.3, 0.4) is 0 Å². The fourth-order valence-electron chi connectivity index (χ4n) is 9.33. The van der Waals surface area contributed by atoms with Gasteiger partial charge in [-0.25, -0.2) is 28.7 Å². The maximum atomic E-state index is 13.8. The molecular formula is C53H51F2N7O5S2. The van der Waals surface area contributed by atoms with Crippen molar-refractivity contribution in [1.82, 2.24) is 35.9 Å². The maximum absolute atomic E-state index is 13.8. The van der Waals surface area contributed by atoms with Crippen LogP contribution < -0.4 is 16.0 Å². The monoisotopic (exact) mass is 967 g/mol. The number of benzene rings is 3. The highest BCUT2D eigenvalue weighted by molar-refractivity contribution is 8.18. The normalized spacial score (nSPS) is 21.8. The van der Waals surface area contributed by atoms with Crippen molar-refractivity contribution in [3.8, 4) is 11.3 Å². The van der Waals surface area contributed by atoms with E-state index in [1.165, 1.54) is 23.8 Å². The van der Waals surface area contributed by atoms with E-state index in [9.17, 15) is 28.0 Å². The minimum Gasteiger partial charge on any atom is -0.464 e. The molecule has 2 saturated carbocycles. The molecule has 10 rings (SSSR count). The number of fused-ring (bicyclic) bond motifs is 1. The Kier molecular flexibility index (Phi) is 15.6. The number of hydrogen-bond acceptors (Lipinski definition) is 13. The van der Waals surface area contributed by atoms with Crippen LogP contribution in [0.4, 0.5) is 13.6 Å². The molecule has 2 aliphatic heterocycles. The molecule has 0 atom stereocenters. The smallest absolute Gasteiger partial charge is 0.290 e. The Morgan fingerprint density at radius 1 is 0.667 bits per heavy atom. The fraction of sp³-hybridized carbons (Fsp3) is 0.321. The van der Waals surface area contributed by atoms with Crippen LogP contribution in [0.5, 0.6) is 0 Å². The Hall–Kier alpha value is -6.20. The first-order chi connectivity index (χ1) is 33.5. The van der Waals surface area contributed by atoms with E-state index in [1.807, 2.05) is 24.3 Å². The Bertz CT molecular complexity index is 2910. The summed E-state index contributed by atoms with van der Waals surface area (Å²) in [5, 5.41) is 11.1. The van der Waals surface area contributed by atoms with Gasteiger partial charge in [0.15, 0.2) is 5.78 Å². The Morgan fingerprint density at radius 3 is 1.88 bits per heavy atom. The van der Waals surface area contributed by atoms with Crippen LogP contribution in [-0.2, 0) is 40.3 Å². The number of nitrogens with zero attached hydrogens (tertiary/aromatic N) is 4. The molecule has 3 aromatic heterocycles. The van der Waals surface area contributed by atoms with Crippen molar-refractivity contribution in [1.29, 1.82) is 0 Å². The van der Waals surface area contributed by atoms with Crippen LogP contribution in [0, 0.1) is 23.5 Å². The summed E-state index contributed by atoms with van der Waals surface area (Å²) in [6.45, 7) is 1.46. The molecule has 354 valence electrons. The number of ketones is 1. The molecule has 2 saturated heterocycles. The number of halogens is 2. The number of amides is 2. The highest BCUT2D eigenvalue weighted by Gasteiger charge is 2.28. The van der Waals surface area contributed by atoms with Crippen LogP contribution in [0.25, 0.3) is 34.2 Å². The minimum atomic E-state index is -0.386. The maximum Gasteiger partial charge on any atom is 0.290 e. The van der Waals surface area contributed by atoms with E-state index in [1.54, 1.807) is 55.1 Å². The molecule has 2 aliphatic carbocycles. The van der Waals surface area contributed by atoms with Gasteiger partial charge >= 0.3 is 0 Å². The molecule has 6 aromatic rings. The molecule has 0 bridgehead atoms. The molecule has 12 nitrogen and oxygen atoms in total. The van der Waals surface area contributed by atoms with E-state index in [2.05, 4.69) is 48.0 Å². The molecule has 0 radical (unpaired) electrons. The fourth-order valence-corrected chi connectivity index (χ4v) is 10.8. The second-order valence-corrected chi connectivity index (χ2v) is 20.1. The van der Waals surface area contributed by atoms with E-state index in [4.69, 9.17) is 4.42 Å². The number of aromatic nitrogens is 4. The Morgan fingerprint density at radius 2 is 1.28 bits per heavy atom. The molecule has 3 N–H and O–H groups in total. The summed E-state index contributed by atoms with van der Waals surface area (Å²) in [6, 6.07) is 23.9. The van der Waals surface area contributed by atoms with E-state index in [0.29, 0.717) is 57.4 Å². The van der Waals surface area contributed by atoms with Gasteiger partial charge in [0, 0.05) is 56.0 Å². The zero-order valence-corrected chi connectivity index (χ0v) is 39.4. The van der Waals surface area contributed by atoms with Crippen molar-refractivity contribution in [2.45, 2.75) is 95.8 Å². The number of carbonyl (C=O) groups is 4. The summed E-state index contributed by atoms with van der Waals surface area (Å²) >= 11 is 1.89. The lowest BCUT2D eigenvalue weighted by Crippen LogP contribution is -2.33. The lowest BCUT2D eigenvalue weighted by Gasteiger charge is -2.29. The molecule has 0 unspecified atom stereocenters. The standard InChI is InChI=1S/C27H26FN3O2S.C26H25FN4O3S/c28-21-6-5-19-11-18(1-4-20(19)13-21)16-30-22-7-2-17(3-8-22)12-26-29-10-9-23(31-26)14-25-24(32)15-27(33)34-25;27-18-6-5-17(21(13-18)22-2-1-11-34-22)15-29-19-7-3-16(4-8-19)12-24-28-10-9-20(30-24)14-23-25(32)31-26(33)35-23/h1,4-6,9-11,13-14,17,22,30H,2-3,7-8,12,15-16H2;1-2,5-6,9-11,13-14,16,19,29H,3-4,7-8,12,15H2,(H,31,32,33)/b25-14-;23-14-. The topological polar surface area (TPSA) is 169 Å². The molecule has 2 amide bonds. The number of furan rings is 1. The van der Waals surface area contributed by atoms with Gasteiger partial charge in [-0.2, -0.15) is 0 Å². The number of Topliss-reactive ketones (excluding diaryl/α,β-unsaturated/α-hetero) is 1. The van der Waals surface area contributed by atoms with Crippen LogP contribution in [-0.4, -0.2) is 54.1 Å². The van der Waals surface area contributed by atoms with E-state index < -0.39 is 0 Å². The number of hydrogen-bond donors (Lipinski definition) is 3. The third kappa shape index (κ3) is 13.1. The average molecular weight is 968 g/mol. The lowest BCUT2D eigenvalue weighted by molar-refractivity contribution is -0.119. The van der Waals surface area contributed by atoms with E-state index in [-0.39, 0.29) is 40.1 Å². The number of thioether (sulfide) groups is 2.